The van der Waals surface area contributed by atoms with Crippen molar-refractivity contribution >= 4 is 0 Å². The van der Waals surface area contributed by atoms with Gasteiger partial charge in [-0.15, -0.1) is 0 Å². The van der Waals surface area contributed by atoms with E-state index in [9.17, 15) is 4.79 Å². The fraction of sp³-hybridized carbons (Fsp3) is 0.250. The van der Waals surface area contributed by atoms with Gasteiger partial charge in [-0.25, -0.2) is 4.98 Å². The molecule has 0 aromatic carbocycles. The average molecular weight is 215 g/mol. The van der Waals surface area contributed by atoms with Crippen LogP contribution in [0.2, 0.25) is 0 Å². The highest BCUT2D eigenvalue weighted by Gasteiger charge is 2.01. The maximum atomic E-state index is 11.4. The van der Waals surface area contributed by atoms with Gasteiger partial charge in [-0.3, -0.25) is 9.78 Å². The second kappa shape index (κ2) is 4.70. The van der Waals surface area contributed by atoms with Gasteiger partial charge in [-0.05, 0) is 24.1 Å². The number of H-pyrrole nitrogens is 1. The Balaban J connectivity index is 2.28. The number of aryl methyl sites for hydroxylation is 1. The van der Waals surface area contributed by atoms with E-state index >= 15 is 0 Å². The number of nitrogens with zero attached hydrogens (tertiary/aromatic N) is 2. The molecule has 16 heavy (non-hydrogen) atoms. The summed E-state index contributed by atoms with van der Waals surface area (Å²) in [6.45, 7) is 1.98. The van der Waals surface area contributed by atoms with E-state index in [-0.39, 0.29) is 5.56 Å². The molecule has 4 heteroatoms. The molecule has 0 aliphatic carbocycles. The van der Waals surface area contributed by atoms with Gasteiger partial charge in [0, 0.05) is 30.6 Å². The standard InChI is InChI=1S/C12H13N3O/c1-2-10-8-12(16)15-11(14-10)7-9-3-5-13-6-4-9/h3-6,8H,2,7H2,1H3,(H,14,15,16). The summed E-state index contributed by atoms with van der Waals surface area (Å²) >= 11 is 0. The third-order valence-corrected chi connectivity index (χ3v) is 2.33. The number of pyridine rings is 1. The lowest BCUT2D eigenvalue weighted by atomic mass is 10.2. The predicted molar refractivity (Wildman–Crippen MR) is 61.3 cm³/mol. The van der Waals surface area contributed by atoms with Crippen molar-refractivity contribution < 1.29 is 0 Å². The maximum Gasteiger partial charge on any atom is 0.251 e. The van der Waals surface area contributed by atoms with Gasteiger partial charge in [-0.1, -0.05) is 6.92 Å². The zero-order valence-corrected chi connectivity index (χ0v) is 9.10. The van der Waals surface area contributed by atoms with Crippen LogP contribution in [0.5, 0.6) is 0 Å². The van der Waals surface area contributed by atoms with Gasteiger partial charge >= 0.3 is 0 Å². The largest absolute Gasteiger partial charge is 0.310 e. The van der Waals surface area contributed by atoms with Crippen molar-refractivity contribution in [2.45, 2.75) is 19.8 Å². The molecule has 0 unspecified atom stereocenters. The molecule has 2 rings (SSSR count). The van der Waals surface area contributed by atoms with Gasteiger partial charge < -0.3 is 4.98 Å². The predicted octanol–water partition coefficient (Wildman–Crippen LogP) is 1.32. The Morgan fingerprint density at radius 3 is 2.75 bits per heavy atom. The Kier molecular flexibility index (Phi) is 3.10. The van der Waals surface area contributed by atoms with Gasteiger partial charge in [-0.2, -0.15) is 0 Å². The van der Waals surface area contributed by atoms with Gasteiger partial charge in [0.15, 0.2) is 0 Å². The number of hydrogen-bond acceptors (Lipinski definition) is 3. The zero-order valence-electron chi connectivity index (χ0n) is 9.10. The first kappa shape index (κ1) is 10.5. The van der Waals surface area contributed by atoms with Crippen molar-refractivity contribution in [3.8, 4) is 0 Å². The minimum atomic E-state index is -0.0871. The summed E-state index contributed by atoms with van der Waals surface area (Å²) in [5, 5.41) is 0. The molecule has 0 saturated carbocycles. The van der Waals surface area contributed by atoms with Crippen LogP contribution in [0.4, 0.5) is 0 Å². The molecule has 0 fully saturated rings. The Bertz CT molecular complexity index is 519. The third kappa shape index (κ3) is 2.53. The Labute approximate surface area is 93.4 Å². The molecule has 2 aromatic heterocycles. The summed E-state index contributed by atoms with van der Waals surface area (Å²) < 4.78 is 0. The van der Waals surface area contributed by atoms with Crippen molar-refractivity contribution in [3.05, 3.63) is 58.0 Å². The molecule has 0 atom stereocenters. The third-order valence-electron chi connectivity index (χ3n) is 2.33. The van der Waals surface area contributed by atoms with Crippen LogP contribution >= 0.6 is 0 Å². The summed E-state index contributed by atoms with van der Waals surface area (Å²) in [5.74, 6) is 0.704. The molecule has 4 nitrogen and oxygen atoms in total. The van der Waals surface area contributed by atoms with Crippen LogP contribution in [0.3, 0.4) is 0 Å². The fourth-order valence-corrected chi connectivity index (χ4v) is 1.52. The van der Waals surface area contributed by atoms with Crippen molar-refractivity contribution in [1.29, 1.82) is 0 Å². The van der Waals surface area contributed by atoms with Crippen LogP contribution in [0.15, 0.2) is 35.4 Å². The van der Waals surface area contributed by atoms with Crippen molar-refractivity contribution in [3.63, 3.8) is 0 Å². The van der Waals surface area contributed by atoms with E-state index in [0.29, 0.717) is 12.2 Å². The minimum absolute atomic E-state index is 0.0871. The van der Waals surface area contributed by atoms with Gasteiger partial charge in [0.2, 0.25) is 0 Å². The normalized spacial score (nSPS) is 10.3. The minimum Gasteiger partial charge on any atom is -0.310 e. The van der Waals surface area contributed by atoms with E-state index < -0.39 is 0 Å². The van der Waals surface area contributed by atoms with Crippen molar-refractivity contribution in [2.75, 3.05) is 0 Å². The monoisotopic (exact) mass is 215 g/mol. The first-order valence-corrected chi connectivity index (χ1v) is 5.26. The van der Waals surface area contributed by atoms with E-state index in [1.165, 1.54) is 6.07 Å². The number of aromatic amines is 1. The van der Waals surface area contributed by atoms with Crippen LogP contribution in [-0.4, -0.2) is 15.0 Å². The molecule has 0 aliphatic heterocycles. The number of hydrogen-bond donors (Lipinski definition) is 1. The summed E-state index contributed by atoms with van der Waals surface area (Å²) in [4.78, 5) is 22.4. The first-order chi connectivity index (χ1) is 7.78. The second-order valence-electron chi connectivity index (χ2n) is 3.57. The van der Waals surface area contributed by atoms with Crippen molar-refractivity contribution in [2.24, 2.45) is 0 Å². The second-order valence-corrected chi connectivity index (χ2v) is 3.57. The van der Waals surface area contributed by atoms with Crippen LogP contribution < -0.4 is 5.56 Å². The number of rotatable bonds is 3. The van der Waals surface area contributed by atoms with Crippen molar-refractivity contribution in [1.82, 2.24) is 15.0 Å². The van der Waals surface area contributed by atoms with Crippen LogP contribution in [0, 0.1) is 0 Å². The lowest BCUT2D eigenvalue weighted by Crippen LogP contribution is -2.12. The smallest absolute Gasteiger partial charge is 0.251 e. The molecule has 0 saturated heterocycles. The molecule has 82 valence electrons. The molecule has 2 heterocycles. The first-order valence-electron chi connectivity index (χ1n) is 5.26. The summed E-state index contributed by atoms with van der Waals surface area (Å²) in [7, 11) is 0. The molecule has 0 radical (unpaired) electrons. The molecule has 0 bridgehead atoms. The highest BCUT2D eigenvalue weighted by molar-refractivity contribution is 5.16. The van der Waals surface area contributed by atoms with E-state index in [1.54, 1.807) is 12.4 Å². The molecular weight excluding hydrogens is 202 g/mol. The molecule has 0 spiro atoms. The fourth-order valence-electron chi connectivity index (χ4n) is 1.52. The topological polar surface area (TPSA) is 58.6 Å². The quantitative estimate of drug-likeness (QED) is 0.840. The number of nitrogens with one attached hydrogen (secondary N) is 1. The molecule has 2 aromatic rings. The van der Waals surface area contributed by atoms with E-state index in [2.05, 4.69) is 15.0 Å². The molecule has 1 N–H and O–H groups in total. The lowest BCUT2D eigenvalue weighted by Gasteiger charge is -2.02. The Morgan fingerprint density at radius 1 is 1.31 bits per heavy atom. The lowest BCUT2D eigenvalue weighted by molar-refractivity contribution is 0.887. The Morgan fingerprint density at radius 2 is 2.06 bits per heavy atom. The van der Waals surface area contributed by atoms with E-state index in [1.807, 2.05) is 19.1 Å². The number of aromatic nitrogens is 3. The van der Waals surface area contributed by atoms with Crippen LogP contribution in [0.25, 0.3) is 0 Å². The molecular formula is C12H13N3O. The summed E-state index contributed by atoms with van der Waals surface area (Å²) in [5.41, 5.74) is 1.83. The molecule has 0 aliphatic rings. The SMILES string of the molecule is CCc1cc(=O)[nH]c(Cc2ccncc2)n1. The van der Waals surface area contributed by atoms with E-state index in [0.717, 1.165) is 17.7 Å². The Hall–Kier alpha value is -1.97. The van der Waals surface area contributed by atoms with Gasteiger partial charge in [0.25, 0.3) is 5.56 Å². The van der Waals surface area contributed by atoms with Crippen LogP contribution in [0.1, 0.15) is 24.0 Å². The highest BCUT2D eigenvalue weighted by Crippen LogP contribution is 2.03. The summed E-state index contributed by atoms with van der Waals surface area (Å²) in [6, 6.07) is 5.37. The van der Waals surface area contributed by atoms with E-state index in [4.69, 9.17) is 0 Å². The summed E-state index contributed by atoms with van der Waals surface area (Å²) in [6.07, 6.45) is 4.87. The maximum absolute atomic E-state index is 11.4. The van der Waals surface area contributed by atoms with Gasteiger partial charge in [0.1, 0.15) is 5.82 Å². The van der Waals surface area contributed by atoms with Crippen LogP contribution in [-0.2, 0) is 12.8 Å². The zero-order chi connectivity index (χ0) is 11.4. The van der Waals surface area contributed by atoms with Gasteiger partial charge in [0.05, 0.1) is 0 Å². The highest BCUT2D eigenvalue weighted by atomic mass is 16.1. The average Bonchev–Trinajstić information content (AvgIpc) is 2.29. The molecule has 0 amide bonds.